The predicted molar refractivity (Wildman–Crippen MR) is 82.6 cm³/mol. The predicted octanol–water partition coefficient (Wildman–Crippen LogP) is 2.70. The molecule has 4 heteroatoms. The molecule has 0 saturated heterocycles. The topological polar surface area (TPSA) is 61.4 Å². The lowest BCUT2D eigenvalue weighted by atomic mass is 9.88. The van der Waals surface area contributed by atoms with Crippen molar-refractivity contribution < 1.29 is 9.90 Å². The maximum absolute atomic E-state index is 11.1. The highest BCUT2D eigenvalue weighted by Crippen LogP contribution is 2.22. The minimum absolute atomic E-state index is 0.0680. The molecule has 2 unspecified atom stereocenters. The van der Waals surface area contributed by atoms with Gasteiger partial charge in [0, 0.05) is 37.2 Å². The molecule has 0 saturated carbocycles. The third-order valence-corrected chi connectivity index (χ3v) is 3.78. The van der Waals surface area contributed by atoms with Crippen LogP contribution in [-0.4, -0.2) is 24.2 Å². The summed E-state index contributed by atoms with van der Waals surface area (Å²) in [6.07, 6.45) is 0.926. The summed E-state index contributed by atoms with van der Waals surface area (Å²) in [6.45, 7) is 8.67. The van der Waals surface area contributed by atoms with Crippen molar-refractivity contribution in [1.82, 2.24) is 5.32 Å². The molecule has 2 atom stereocenters. The van der Waals surface area contributed by atoms with Crippen LogP contribution in [0.1, 0.15) is 45.7 Å². The van der Waals surface area contributed by atoms with Crippen LogP contribution in [0, 0.1) is 5.41 Å². The normalized spacial score (nSPS) is 15.4. The summed E-state index contributed by atoms with van der Waals surface area (Å²) in [7, 11) is 0. The molecule has 0 bridgehead atoms. The first kappa shape index (κ1) is 16.7. The van der Waals surface area contributed by atoms with E-state index in [2.05, 4.69) is 31.4 Å². The fourth-order valence-electron chi connectivity index (χ4n) is 1.90. The highest BCUT2D eigenvalue weighted by atomic mass is 16.3. The Labute approximate surface area is 121 Å². The third-order valence-electron chi connectivity index (χ3n) is 3.78. The number of hydrogen-bond donors (Lipinski definition) is 3. The number of rotatable bonds is 7. The van der Waals surface area contributed by atoms with Crippen LogP contribution in [0.15, 0.2) is 24.3 Å². The van der Waals surface area contributed by atoms with Gasteiger partial charge in [-0.2, -0.15) is 0 Å². The number of carbonyl (C=O) groups is 1. The second-order valence-corrected chi connectivity index (χ2v) is 5.73. The molecular formula is C16H26N2O2. The van der Waals surface area contributed by atoms with Crippen LogP contribution in [0.2, 0.25) is 0 Å². The first-order valence-corrected chi connectivity index (χ1v) is 7.12. The van der Waals surface area contributed by atoms with Crippen LogP contribution < -0.4 is 10.6 Å². The van der Waals surface area contributed by atoms with E-state index in [0.29, 0.717) is 0 Å². The second kappa shape index (κ2) is 7.41. The van der Waals surface area contributed by atoms with Crippen LogP contribution >= 0.6 is 0 Å². The number of aliphatic hydroxyl groups is 1. The maximum Gasteiger partial charge on any atom is 0.221 e. The Morgan fingerprint density at radius 3 is 2.70 bits per heavy atom. The summed E-state index contributed by atoms with van der Waals surface area (Å²) in [6, 6.07) is 7.99. The molecule has 0 fully saturated rings. The van der Waals surface area contributed by atoms with Gasteiger partial charge in [-0.05, 0) is 31.0 Å². The fraction of sp³-hybridized carbons (Fsp3) is 0.562. The van der Waals surface area contributed by atoms with Crippen LogP contribution in [0.25, 0.3) is 0 Å². The molecule has 1 rings (SSSR count). The number of anilines is 1. The Morgan fingerprint density at radius 1 is 1.45 bits per heavy atom. The Bertz CT molecular complexity index is 442. The van der Waals surface area contributed by atoms with Gasteiger partial charge in [0.2, 0.25) is 5.91 Å². The molecule has 0 aliphatic carbocycles. The van der Waals surface area contributed by atoms with Gasteiger partial charge in [-0.3, -0.25) is 4.79 Å². The molecular weight excluding hydrogens is 252 g/mol. The molecule has 0 aliphatic heterocycles. The summed E-state index contributed by atoms with van der Waals surface area (Å²) in [5.74, 6) is -0.0680. The smallest absolute Gasteiger partial charge is 0.221 e. The van der Waals surface area contributed by atoms with E-state index in [1.54, 1.807) is 0 Å². The molecule has 0 radical (unpaired) electrons. The molecule has 0 heterocycles. The SMILES string of the molecule is CCC(C)(CO)CNC(C)c1cccc(NC(C)=O)c1. The highest BCUT2D eigenvalue weighted by molar-refractivity contribution is 5.88. The Kier molecular flexibility index (Phi) is 6.17. The van der Waals surface area contributed by atoms with E-state index in [0.717, 1.165) is 24.2 Å². The molecule has 1 aromatic rings. The van der Waals surface area contributed by atoms with E-state index in [1.807, 2.05) is 24.3 Å². The Balaban J connectivity index is 2.67. The fourth-order valence-corrected chi connectivity index (χ4v) is 1.90. The van der Waals surface area contributed by atoms with E-state index in [4.69, 9.17) is 0 Å². The van der Waals surface area contributed by atoms with Crippen molar-refractivity contribution in [2.24, 2.45) is 5.41 Å². The zero-order chi connectivity index (χ0) is 15.2. The third kappa shape index (κ3) is 4.94. The molecule has 20 heavy (non-hydrogen) atoms. The average Bonchev–Trinajstić information content (AvgIpc) is 2.44. The first-order chi connectivity index (χ1) is 9.40. The molecule has 0 aliphatic rings. The van der Waals surface area contributed by atoms with Gasteiger partial charge >= 0.3 is 0 Å². The van der Waals surface area contributed by atoms with E-state index in [9.17, 15) is 9.90 Å². The maximum atomic E-state index is 11.1. The lowest BCUT2D eigenvalue weighted by Crippen LogP contribution is -2.35. The summed E-state index contributed by atoms with van der Waals surface area (Å²) >= 11 is 0. The van der Waals surface area contributed by atoms with Gasteiger partial charge in [0.15, 0.2) is 0 Å². The number of benzene rings is 1. The van der Waals surface area contributed by atoms with Gasteiger partial charge in [0.25, 0.3) is 0 Å². The molecule has 0 spiro atoms. The highest BCUT2D eigenvalue weighted by Gasteiger charge is 2.21. The van der Waals surface area contributed by atoms with Crippen molar-refractivity contribution in [3.63, 3.8) is 0 Å². The summed E-state index contributed by atoms with van der Waals surface area (Å²) in [5, 5.41) is 15.7. The monoisotopic (exact) mass is 278 g/mol. The van der Waals surface area contributed by atoms with E-state index in [-0.39, 0.29) is 24.0 Å². The lowest BCUT2D eigenvalue weighted by Gasteiger charge is -2.28. The van der Waals surface area contributed by atoms with Gasteiger partial charge in [-0.1, -0.05) is 26.0 Å². The zero-order valence-corrected chi connectivity index (χ0v) is 12.9. The summed E-state index contributed by atoms with van der Waals surface area (Å²) in [4.78, 5) is 11.1. The minimum atomic E-state index is -0.0937. The number of amides is 1. The Hall–Kier alpha value is -1.39. The molecule has 3 N–H and O–H groups in total. The van der Waals surface area contributed by atoms with Gasteiger partial charge in [-0.25, -0.2) is 0 Å². The number of aliphatic hydroxyl groups excluding tert-OH is 1. The van der Waals surface area contributed by atoms with Crippen molar-refractivity contribution in [3.8, 4) is 0 Å². The van der Waals surface area contributed by atoms with Crippen molar-refractivity contribution in [1.29, 1.82) is 0 Å². The number of nitrogens with one attached hydrogen (secondary N) is 2. The Morgan fingerprint density at radius 2 is 2.15 bits per heavy atom. The van der Waals surface area contributed by atoms with E-state index < -0.39 is 0 Å². The quantitative estimate of drug-likeness (QED) is 0.718. The first-order valence-electron chi connectivity index (χ1n) is 7.12. The van der Waals surface area contributed by atoms with Crippen molar-refractivity contribution in [2.45, 2.75) is 40.2 Å². The van der Waals surface area contributed by atoms with E-state index >= 15 is 0 Å². The molecule has 1 amide bonds. The van der Waals surface area contributed by atoms with Gasteiger partial charge in [0.05, 0.1) is 0 Å². The van der Waals surface area contributed by atoms with E-state index in [1.165, 1.54) is 6.92 Å². The van der Waals surface area contributed by atoms with Gasteiger partial charge < -0.3 is 15.7 Å². The lowest BCUT2D eigenvalue weighted by molar-refractivity contribution is -0.114. The zero-order valence-electron chi connectivity index (χ0n) is 12.9. The molecule has 0 aromatic heterocycles. The number of hydrogen-bond acceptors (Lipinski definition) is 3. The van der Waals surface area contributed by atoms with Gasteiger partial charge in [-0.15, -0.1) is 0 Å². The molecule has 4 nitrogen and oxygen atoms in total. The van der Waals surface area contributed by atoms with Crippen LogP contribution in [0.3, 0.4) is 0 Å². The van der Waals surface area contributed by atoms with Crippen molar-refractivity contribution in [2.75, 3.05) is 18.5 Å². The molecule has 112 valence electrons. The van der Waals surface area contributed by atoms with Crippen LogP contribution in [0.4, 0.5) is 5.69 Å². The van der Waals surface area contributed by atoms with Gasteiger partial charge in [0.1, 0.15) is 0 Å². The van der Waals surface area contributed by atoms with Crippen molar-refractivity contribution in [3.05, 3.63) is 29.8 Å². The van der Waals surface area contributed by atoms with Crippen LogP contribution in [0.5, 0.6) is 0 Å². The standard InChI is InChI=1S/C16H26N2O2/c1-5-16(4,11-19)10-17-12(2)14-7-6-8-15(9-14)18-13(3)20/h6-9,12,17,19H,5,10-11H2,1-4H3,(H,18,20). The summed E-state index contributed by atoms with van der Waals surface area (Å²) < 4.78 is 0. The molecule has 1 aromatic carbocycles. The summed E-state index contributed by atoms with van der Waals surface area (Å²) in [5.41, 5.74) is 1.83. The van der Waals surface area contributed by atoms with Crippen LogP contribution in [-0.2, 0) is 4.79 Å². The number of carbonyl (C=O) groups excluding carboxylic acids is 1. The van der Waals surface area contributed by atoms with Crippen molar-refractivity contribution >= 4 is 11.6 Å². The average molecular weight is 278 g/mol. The minimum Gasteiger partial charge on any atom is -0.396 e. The largest absolute Gasteiger partial charge is 0.396 e. The second-order valence-electron chi connectivity index (χ2n) is 5.73.